The van der Waals surface area contributed by atoms with Gasteiger partial charge in [-0.3, -0.25) is 4.79 Å². The number of carbonyl (C=O) groups is 1. The maximum Gasteiger partial charge on any atom is 0.150 e. The monoisotopic (exact) mass is 179 g/mol. The minimum absolute atomic E-state index is 0.512. The molecule has 0 aromatic heterocycles. The molecule has 1 aromatic carbocycles. The lowest BCUT2D eigenvalue weighted by Crippen LogP contribution is -1.99. The molecule has 0 radical (unpaired) electrons. The van der Waals surface area contributed by atoms with Gasteiger partial charge in [-0.05, 0) is 24.6 Å². The van der Waals surface area contributed by atoms with Crippen molar-refractivity contribution in [3.63, 3.8) is 0 Å². The molecule has 0 fully saturated rings. The molecule has 0 aliphatic rings. The Hall–Kier alpha value is -1.51. The van der Waals surface area contributed by atoms with Crippen molar-refractivity contribution in [2.24, 2.45) is 0 Å². The standard InChI is InChI=1S/C10H13NO2/c1-2-5-13-10-4-3-8(7-12)6-9(10)11/h3-4,6-7H,2,5,11H2,1H3. The molecule has 0 saturated heterocycles. The molecule has 0 saturated carbocycles. The maximum atomic E-state index is 10.4. The minimum Gasteiger partial charge on any atom is -0.491 e. The zero-order chi connectivity index (χ0) is 9.68. The first-order chi connectivity index (χ1) is 6.27. The van der Waals surface area contributed by atoms with Gasteiger partial charge in [0.25, 0.3) is 0 Å². The fourth-order valence-corrected chi connectivity index (χ4v) is 0.984. The molecule has 70 valence electrons. The van der Waals surface area contributed by atoms with Crippen molar-refractivity contribution >= 4 is 12.0 Å². The molecular formula is C10H13NO2. The smallest absolute Gasteiger partial charge is 0.150 e. The first-order valence-corrected chi connectivity index (χ1v) is 4.25. The average molecular weight is 179 g/mol. The predicted octanol–water partition coefficient (Wildman–Crippen LogP) is 1.87. The molecule has 0 aliphatic carbocycles. The number of hydrogen-bond donors (Lipinski definition) is 1. The summed E-state index contributed by atoms with van der Waals surface area (Å²) in [5.74, 6) is 0.646. The molecule has 3 heteroatoms. The van der Waals surface area contributed by atoms with Crippen molar-refractivity contribution in [1.82, 2.24) is 0 Å². The number of ether oxygens (including phenoxy) is 1. The fourth-order valence-electron chi connectivity index (χ4n) is 0.984. The highest BCUT2D eigenvalue weighted by atomic mass is 16.5. The number of hydrogen-bond acceptors (Lipinski definition) is 3. The lowest BCUT2D eigenvalue weighted by atomic mass is 10.2. The van der Waals surface area contributed by atoms with Gasteiger partial charge in [0.05, 0.1) is 12.3 Å². The molecule has 13 heavy (non-hydrogen) atoms. The van der Waals surface area contributed by atoms with E-state index >= 15 is 0 Å². The molecule has 0 aliphatic heterocycles. The van der Waals surface area contributed by atoms with Gasteiger partial charge in [0.15, 0.2) is 0 Å². The Bertz CT molecular complexity index is 297. The third-order valence-electron chi connectivity index (χ3n) is 1.63. The van der Waals surface area contributed by atoms with E-state index in [0.29, 0.717) is 23.6 Å². The minimum atomic E-state index is 0.512. The number of aldehydes is 1. The van der Waals surface area contributed by atoms with Gasteiger partial charge in [-0.2, -0.15) is 0 Å². The molecule has 1 aromatic rings. The second-order valence-corrected chi connectivity index (χ2v) is 2.76. The molecule has 0 heterocycles. The van der Waals surface area contributed by atoms with Gasteiger partial charge >= 0.3 is 0 Å². The van der Waals surface area contributed by atoms with Crippen LogP contribution in [0.1, 0.15) is 23.7 Å². The molecule has 0 amide bonds. The van der Waals surface area contributed by atoms with E-state index in [9.17, 15) is 4.79 Å². The summed E-state index contributed by atoms with van der Waals surface area (Å²) in [5.41, 5.74) is 6.74. The molecule has 2 N–H and O–H groups in total. The van der Waals surface area contributed by atoms with Crippen LogP contribution in [-0.4, -0.2) is 12.9 Å². The number of nitrogens with two attached hydrogens (primary N) is 1. The van der Waals surface area contributed by atoms with E-state index in [2.05, 4.69) is 0 Å². The van der Waals surface area contributed by atoms with E-state index in [-0.39, 0.29) is 0 Å². The SMILES string of the molecule is CCCOc1ccc(C=O)cc1N. The third-order valence-corrected chi connectivity index (χ3v) is 1.63. The quantitative estimate of drug-likeness (QED) is 0.567. The van der Waals surface area contributed by atoms with Crippen LogP contribution in [0, 0.1) is 0 Å². The summed E-state index contributed by atoms with van der Waals surface area (Å²) in [5, 5.41) is 0. The summed E-state index contributed by atoms with van der Waals surface area (Å²) in [6.07, 6.45) is 1.70. The molecular weight excluding hydrogens is 166 g/mol. The summed E-state index contributed by atoms with van der Waals surface area (Å²) in [7, 11) is 0. The van der Waals surface area contributed by atoms with Gasteiger partial charge in [-0.15, -0.1) is 0 Å². The van der Waals surface area contributed by atoms with Gasteiger partial charge in [-0.1, -0.05) is 6.92 Å². The number of rotatable bonds is 4. The first-order valence-electron chi connectivity index (χ1n) is 4.25. The van der Waals surface area contributed by atoms with Crippen molar-refractivity contribution in [2.75, 3.05) is 12.3 Å². The van der Waals surface area contributed by atoms with Crippen LogP contribution in [0.3, 0.4) is 0 Å². The van der Waals surface area contributed by atoms with Crippen LogP contribution >= 0.6 is 0 Å². The Labute approximate surface area is 77.5 Å². The zero-order valence-corrected chi connectivity index (χ0v) is 7.62. The van der Waals surface area contributed by atoms with Gasteiger partial charge in [0.1, 0.15) is 12.0 Å². The van der Waals surface area contributed by atoms with Gasteiger partial charge in [0, 0.05) is 5.56 Å². The maximum absolute atomic E-state index is 10.4. The van der Waals surface area contributed by atoms with Crippen LogP contribution in [0.4, 0.5) is 5.69 Å². The Morgan fingerprint density at radius 2 is 2.31 bits per heavy atom. The number of nitrogen functional groups attached to an aromatic ring is 1. The summed E-state index contributed by atoms with van der Waals surface area (Å²) in [6.45, 7) is 2.67. The van der Waals surface area contributed by atoms with E-state index in [1.807, 2.05) is 6.92 Å². The Balaban J connectivity index is 2.79. The van der Waals surface area contributed by atoms with Gasteiger partial charge in [0.2, 0.25) is 0 Å². The van der Waals surface area contributed by atoms with E-state index < -0.39 is 0 Å². The molecule has 0 atom stereocenters. The number of carbonyl (C=O) groups excluding carboxylic acids is 1. The lowest BCUT2D eigenvalue weighted by molar-refractivity contribution is 0.112. The van der Waals surface area contributed by atoms with Crippen LogP contribution in [0.25, 0.3) is 0 Å². The summed E-state index contributed by atoms with van der Waals surface area (Å²) in [4.78, 5) is 10.4. The van der Waals surface area contributed by atoms with Gasteiger partial charge < -0.3 is 10.5 Å². The Kier molecular flexibility index (Phi) is 3.31. The zero-order valence-electron chi connectivity index (χ0n) is 7.62. The van der Waals surface area contributed by atoms with E-state index in [1.54, 1.807) is 18.2 Å². The first kappa shape index (κ1) is 9.58. The molecule has 0 unspecified atom stereocenters. The number of anilines is 1. The molecule has 0 bridgehead atoms. The van der Waals surface area contributed by atoms with Crippen LogP contribution in [0.5, 0.6) is 5.75 Å². The lowest BCUT2D eigenvalue weighted by Gasteiger charge is -2.07. The Morgan fingerprint density at radius 1 is 1.54 bits per heavy atom. The average Bonchev–Trinajstić information content (AvgIpc) is 2.16. The molecule has 1 rings (SSSR count). The van der Waals surface area contributed by atoms with Crippen LogP contribution in [0.15, 0.2) is 18.2 Å². The van der Waals surface area contributed by atoms with Crippen molar-refractivity contribution in [3.05, 3.63) is 23.8 Å². The van der Waals surface area contributed by atoms with Crippen molar-refractivity contribution in [1.29, 1.82) is 0 Å². The van der Waals surface area contributed by atoms with Crippen molar-refractivity contribution in [2.45, 2.75) is 13.3 Å². The normalized spacial score (nSPS) is 9.62. The van der Waals surface area contributed by atoms with Gasteiger partial charge in [-0.25, -0.2) is 0 Å². The summed E-state index contributed by atoms with van der Waals surface area (Å²) in [6, 6.07) is 5.01. The third kappa shape index (κ3) is 2.47. The second kappa shape index (κ2) is 4.50. The highest BCUT2D eigenvalue weighted by molar-refractivity contribution is 5.78. The van der Waals surface area contributed by atoms with E-state index in [1.165, 1.54) is 0 Å². The topological polar surface area (TPSA) is 52.3 Å². The summed E-state index contributed by atoms with van der Waals surface area (Å²) >= 11 is 0. The van der Waals surface area contributed by atoms with Crippen molar-refractivity contribution < 1.29 is 9.53 Å². The fraction of sp³-hybridized carbons (Fsp3) is 0.300. The van der Waals surface area contributed by atoms with Crippen LogP contribution in [-0.2, 0) is 0 Å². The highest BCUT2D eigenvalue weighted by Crippen LogP contribution is 2.21. The van der Waals surface area contributed by atoms with Crippen LogP contribution < -0.4 is 10.5 Å². The largest absolute Gasteiger partial charge is 0.491 e. The molecule has 3 nitrogen and oxygen atoms in total. The number of benzene rings is 1. The van der Waals surface area contributed by atoms with E-state index in [4.69, 9.17) is 10.5 Å². The summed E-state index contributed by atoms with van der Waals surface area (Å²) < 4.78 is 5.34. The highest BCUT2D eigenvalue weighted by Gasteiger charge is 2.00. The van der Waals surface area contributed by atoms with Crippen molar-refractivity contribution in [3.8, 4) is 5.75 Å². The second-order valence-electron chi connectivity index (χ2n) is 2.76. The predicted molar refractivity (Wildman–Crippen MR) is 52.0 cm³/mol. The molecule has 0 spiro atoms. The Morgan fingerprint density at radius 3 is 2.85 bits per heavy atom. The van der Waals surface area contributed by atoms with Crippen LogP contribution in [0.2, 0.25) is 0 Å². The van der Waals surface area contributed by atoms with E-state index in [0.717, 1.165) is 12.7 Å².